The van der Waals surface area contributed by atoms with E-state index in [9.17, 15) is 4.39 Å². The monoisotopic (exact) mass is 215 g/mol. The molecule has 0 saturated heterocycles. The number of benzene rings is 2. The van der Waals surface area contributed by atoms with Crippen LogP contribution in [0.1, 0.15) is 16.7 Å². The molecule has 0 fully saturated rings. The number of nitrogen functional groups attached to an aromatic ring is 1. The molecular weight excluding hydrogens is 201 g/mol. The minimum absolute atomic E-state index is 0.177. The second kappa shape index (κ2) is 4.35. The molecule has 0 aromatic heterocycles. The fourth-order valence-corrected chi connectivity index (χ4v) is 1.74. The lowest BCUT2D eigenvalue weighted by Crippen LogP contribution is -1.99. The SMILES string of the molecule is Cc1cccc(Cc2ccccc2F)c1N. The average Bonchev–Trinajstić information content (AvgIpc) is 2.28. The van der Waals surface area contributed by atoms with E-state index in [1.807, 2.05) is 31.2 Å². The Bertz CT molecular complexity index is 506. The Hall–Kier alpha value is -1.83. The van der Waals surface area contributed by atoms with Crippen molar-refractivity contribution in [2.75, 3.05) is 5.73 Å². The van der Waals surface area contributed by atoms with E-state index in [0.29, 0.717) is 12.0 Å². The Kier molecular flexibility index (Phi) is 2.91. The van der Waals surface area contributed by atoms with Crippen LogP contribution in [0.25, 0.3) is 0 Å². The smallest absolute Gasteiger partial charge is 0.126 e. The molecule has 2 aromatic carbocycles. The zero-order valence-electron chi connectivity index (χ0n) is 9.20. The van der Waals surface area contributed by atoms with Gasteiger partial charge in [0.1, 0.15) is 5.82 Å². The number of hydrogen-bond acceptors (Lipinski definition) is 1. The topological polar surface area (TPSA) is 26.0 Å². The number of hydrogen-bond donors (Lipinski definition) is 1. The summed E-state index contributed by atoms with van der Waals surface area (Å²) < 4.78 is 13.5. The predicted octanol–water partition coefficient (Wildman–Crippen LogP) is 3.31. The third kappa shape index (κ3) is 2.06. The first-order valence-electron chi connectivity index (χ1n) is 5.26. The third-order valence-corrected chi connectivity index (χ3v) is 2.75. The van der Waals surface area contributed by atoms with Gasteiger partial charge in [0.15, 0.2) is 0 Å². The van der Waals surface area contributed by atoms with E-state index in [-0.39, 0.29) is 5.82 Å². The molecule has 0 saturated carbocycles. The van der Waals surface area contributed by atoms with Gasteiger partial charge in [0.2, 0.25) is 0 Å². The van der Waals surface area contributed by atoms with Crippen LogP contribution in [-0.4, -0.2) is 0 Å². The number of halogens is 1. The summed E-state index contributed by atoms with van der Waals surface area (Å²) in [4.78, 5) is 0. The summed E-state index contributed by atoms with van der Waals surface area (Å²) in [5.41, 5.74) is 9.41. The molecule has 0 aliphatic rings. The Morgan fingerprint density at radius 2 is 1.69 bits per heavy atom. The van der Waals surface area contributed by atoms with Gasteiger partial charge >= 0.3 is 0 Å². The highest BCUT2D eigenvalue weighted by atomic mass is 19.1. The van der Waals surface area contributed by atoms with Crippen molar-refractivity contribution >= 4 is 5.69 Å². The summed E-state index contributed by atoms with van der Waals surface area (Å²) in [6, 6.07) is 12.6. The second-order valence-electron chi connectivity index (χ2n) is 3.92. The highest BCUT2D eigenvalue weighted by Gasteiger charge is 2.05. The molecule has 2 aromatic rings. The Labute approximate surface area is 94.7 Å². The first-order valence-corrected chi connectivity index (χ1v) is 5.26. The van der Waals surface area contributed by atoms with E-state index in [0.717, 1.165) is 16.8 Å². The quantitative estimate of drug-likeness (QED) is 0.764. The zero-order chi connectivity index (χ0) is 11.5. The van der Waals surface area contributed by atoms with Crippen LogP contribution in [0.3, 0.4) is 0 Å². The van der Waals surface area contributed by atoms with Gasteiger partial charge in [0, 0.05) is 12.1 Å². The summed E-state index contributed by atoms with van der Waals surface area (Å²) in [6.07, 6.45) is 0.542. The van der Waals surface area contributed by atoms with Crippen molar-refractivity contribution in [1.82, 2.24) is 0 Å². The molecule has 2 rings (SSSR count). The van der Waals surface area contributed by atoms with E-state index in [4.69, 9.17) is 5.73 Å². The van der Waals surface area contributed by atoms with E-state index < -0.39 is 0 Å². The van der Waals surface area contributed by atoms with Crippen LogP contribution in [0.2, 0.25) is 0 Å². The predicted molar refractivity (Wildman–Crippen MR) is 64.8 cm³/mol. The molecule has 0 unspecified atom stereocenters. The molecule has 0 radical (unpaired) electrons. The van der Waals surface area contributed by atoms with Gasteiger partial charge in [0.25, 0.3) is 0 Å². The largest absolute Gasteiger partial charge is 0.398 e. The minimum Gasteiger partial charge on any atom is -0.398 e. The van der Waals surface area contributed by atoms with Crippen LogP contribution in [0.15, 0.2) is 42.5 Å². The number of aryl methyl sites for hydroxylation is 1. The summed E-state index contributed by atoms with van der Waals surface area (Å²) in [5.74, 6) is -0.177. The molecule has 82 valence electrons. The molecule has 16 heavy (non-hydrogen) atoms. The van der Waals surface area contributed by atoms with Crippen LogP contribution in [0, 0.1) is 12.7 Å². The maximum Gasteiger partial charge on any atom is 0.126 e. The lowest BCUT2D eigenvalue weighted by Gasteiger charge is -2.08. The maximum atomic E-state index is 13.5. The third-order valence-electron chi connectivity index (χ3n) is 2.75. The van der Waals surface area contributed by atoms with Gasteiger partial charge in [-0.1, -0.05) is 36.4 Å². The molecule has 0 heterocycles. The normalized spacial score (nSPS) is 10.4. The Morgan fingerprint density at radius 1 is 1.00 bits per heavy atom. The van der Waals surface area contributed by atoms with Gasteiger partial charge in [-0.05, 0) is 29.7 Å². The Morgan fingerprint density at radius 3 is 2.44 bits per heavy atom. The minimum atomic E-state index is -0.177. The molecule has 0 aliphatic carbocycles. The van der Waals surface area contributed by atoms with E-state index in [2.05, 4.69) is 0 Å². The van der Waals surface area contributed by atoms with Gasteiger partial charge in [0.05, 0.1) is 0 Å². The number of para-hydroxylation sites is 1. The van der Waals surface area contributed by atoms with Crippen molar-refractivity contribution in [3.63, 3.8) is 0 Å². The lowest BCUT2D eigenvalue weighted by molar-refractivity contribution is 0.614. The molecule has 0 spiro atoms. The molecular formula is C14H14FN. The number of rotatable bonds is 2. The van der Waals surface area contributed by atoms with Crippen LogP contribution in [-0.2, 0) is 6.42 Å². The summed E-state index contributed by atoms with van der Waals surface area (Å²) in [6.45, 7) is 1.96. The van der Waals surface area contributed by atoms with Crippen molar-refractivity contribution in [2.45, 2.75) is 13.3 Å². The van der Waals surface area contributed by atoms with E-state index in [1.54, 1.807) is 12.1 Å². The van der Waals surface area contributed by atoms with Crippen LogP contribution in [0.4, 0.5) is 10.1 Å². The highest BCUT2D eigenvalue weighted by Crippen LogP contribution is 2.21. The standard InChI is InChI=1S/C14H14FN/c1-10-5-4-7-12(14(10)16)9-11-6-2-3-8-13(11)15/h2-8H,9,16H2,1H3. The van der Waals surface area contributed by atoms with Crippen molar-refractivity contribution in [2.24, 2.45) is 0 Å². The lowest BCUT2D eigenvalue weighted by atomic mass is 10.0. The fraction of sp³-hybridized carbons (Fsp3) is 0.143. The van der Waals surface area contributed by atoms with Gasteiger partial charge in [-0.3, -0.25) is 0 Å². The number of anilines is 1. The first-order chi connectivity index (χ1) is 7.68. The number of nitrogens with two attached hydrogens (primary N) is 1. The zero-order valence-corrected chi connectivity index (χ0v) is 9.20. The second-order valence-corrected chi connectivity index (χ2v) is 3.92. The highest BCUT2D eigenvalue weighted by molar-refractivity contribution is 5.54. The van der Waals surface area contributed by atoms with Crippen LogP contribution in [0.5, 0.6) is 0 Å². The average molecular weight is 215 g/mol. The van der Waals surface area contributed by atoms with E-state index >= 15 is 0 Å². The van der Waals surface area contributed by atoms with Crippen LogP contribution < -0.4 is 5.73 Å². The van der Waals surface area contributed by atoms with Crippen molar-refractivity contribution in [3.8, 4) is 0 Å². The van der Waals surface area contributed by atoms with Gasteiger partial charge < -0.3 is 5.73 Å². The maximum absolute atomic E-state index is 13.5. The van der Waals surface area contributed by atoms with Crippen molar-refractivity contribution in [3.05, 3.63) is 65.0 Å². The molecule has 0 amide bonds. The molecule has 0 aliphatic heterocycles. The molecule has 0 bridgehead atoms. The van der Waals surface area contributed by atoms with Gasteiger partial charge in [-0.25, -0.2) is 4.39 Å². The molecule has 0 atom stereocenters. The summed E-state index contributed by atoms with van der Waals surface area (Å²) in [5, 5.41) is 0. The van der Waals surface area contributed by atoms with Gasteiger partial charge in [-0.2, -0.15) is 0 Å². The van der Waals surface area contributed by atoms with E-state index in [1.165, 1.54) is 6.07 Å². The molecule has 2 N–H and O–H groups in total. The summed E-state index contributed by atoms with van der Waals surface area (Å²) in [7, 11) is 0. The Balaban J connectivity index is 2.35. The fourth-order valence-electron chi connectivity index (χ4n) is 1.74. The van der Waals surface area contributed by atoms with Gasteiger partial charge in [-0.15, -0.1) is 0 Å². The molecule has 1 nitrogen and oxygen atoms in total. The summed E-state index contributed by atoms with van der Waals surface area (Å²) >= 11 is 0. The van der Waals surface area contributed by atoms with Crippen molar-refractivity contribution in [1.29, 1.82) is 0 Å². The first kappa shape index (κ1) is 10.7. The van der Waals surface area contributed by atoms with Crippen LogP contribution >= 0.6 is 0 Å². The molecule has 2 heteroatoms. The van der Waals surface area contributed by atoms with Crippen molar-refractivity contribution < 1.29 is 4.39 Å².